The zero-order valence-corrected chi connectivity index (χ0v) is 23.0. The average Bonchev–Trinajstić information content (AvgIpc) is 3.33. The molecule has 0 radical (unpaired) electrons. The number of benzene rings is 2. The van der Waals surface area contributed by atoms with Crippen LogP contribution < -0.4 is 15.4 Å². The van der Waals surface area contributed by atoms with Gasteiger partial charge in [0.15, 0.2) is 11.0 Å². The number of hydrogen-bond acceptors (Lipinski definition) is 8. The second-order valence-electron chi connectivity index (χ2n) is 8.64. The van der Waals surface area contributed by atoms with Crippen molar-refractivity contribution < 1.29 is 23.9 Å². The first kappa shape index (κ1) is 28.7. The lowest BCUT2D eigenvalue weighted by molar-refractivity contribution is -0.113. The molecule has 0 saturated heterocycles. The molecule has 1 heterocycles. The molecule has 0 saturated carbocycles. The highest BCUT2D eigenvalue weighted by Crippen LogP contribution is 2.26. The third-order valence-electron chi connectivity index (χ3n) is 5.66. The summed E-state index contributed by atoms with van der Waals surface area (Å²) in [5.74, 6) is 0.608. The summed E-state index contributed by atoms with van der Waals surface area (Å²) in [6, 6.07) is 13.0. The highest BCUT2D eigenvalue weighted by molar-refractivity contribution is 7.99. The number of carbonyl (C=O) groups excluding carboxylic acids is 3. The van der Waals surface area contributed by atoms with Crippen molar-refractivity contribution in [2.45, 2.75) is 45.4 Å². The first-order valence-electron chi connectivity index (χ1n) is 12.3. The predicted molar refractivity (Wildman–Crippen MR) is 145 cm³/mol. The minimum Gasteiger partial charge on any atom is -0.497 e. The number of amides is 2. The van der Waals surface area contributed by atoms with Crippen molar-refractivity contribution in [2.75, 3.05) is 24.8 Å². The standard InChI is InChI=1S/C27H33N5O5S/c1-6-32-24(23(17(3)4)29-25(34)18-10-14-21(36-5)15-11-18)30-31-27(32)38-16-22(33)28-20-12-8-19(9-13-20)26(35)37-7-2/h8-15,17,23H,6-7,16H2,1-5H3,(H,28,33)(H,29,34)/t23-/m1/s1. The van der Waals surface area contributed by atoms with E-state index in [9.17, 15) is 14.4 Å². The molecule has 0 bridgehead atoms. The van der Waals surface area contributed by atoms with Gasteiger partial charge in [-0.1, -0.05) is 25.6 Å². The lowest BCUT2D eigenvalue weighted by Gasteiger charge is -2.22. The van der Waals surface area contributed by atoms with Crippen LogP contribution in [0, 0.1) is 5.92 Å². The Morgan fingerprint density at radius 2 is 1.63 bits per heavy atom. The van der Waals surface area contributed by atoms with E-state index in [1.165, 1.54) is 11.8 Å². The predicted octanol–water partition coefficient (Wildman–Crippen LogP) is 4.34. The van der Waals surface area contributed by atoms with Crippen LogP contribution in [0.15, 0.2) is 53.7 Å². The zero-order chi connectivity index (χ0) is 27.7. The van der Waals surface area contributed by atoms with Crippen molar-refractivity contribution >= 4 is 35.2 Å². The fourth-order valence-electron chi connectivity index (χ4n) is 3.66. The molecule has 0 spiro atoms. The molecule has 1 atom stereocenters. The van der Waals surface area contributed by atoms with Gasteiger partial charge in [0, 0.05) is 17.8 Å². The molecule has 0 aliphatic heterocycles. The molecule has 0 fully saturated rings. The summed E-state index contributed by atoms with van der Waals surface area (Å²) in [6.45, 7) is 8.58. The Kier molecular flexibility index (Phi) is 10.3. The van der Waals surface area contributed by atoms with Crippen molar-refractivity contribution in [2.24, 2.45) is 5.92 Å². The van der Waals surface area contributed by atoms with Crippen LogP contribution in [-0.2, 0) is 16.1 Å². The normalized spacial score (nSPS) is 11.6. The van der Waals surface area contributed by atoms with Crippen molar-refractivity contribution in [3.8, 4) is 5.75 Å². The maximum absolute atomic E-state index is 12.9. The fraction of sp³-hybridized carbons (Fsp3) is 0.370. The number of rotatable bonds is 12. The molecule has 202 valence electrons. The Labute approximate surface area is 226 Å². The van der Waals surface area contributed by atoms with Crippen molar-refractivity contribution in [1.29, 1.82) is 0 Å². The summed E-state index contributed by atoms with van der Waals surface area (Å²) in [4.78, 5) is 37.3. The Hall–Kier alpha value is -3.86. The molecular formula is C27H33N5O5S. The largest absolute Gasteiger partial charge is 0.497 e. The van der Waals surface area contributed by atoms with Gasteiger partial charge in [-0.25, -0.2) is 4.79 Å². The van der Waals surface area contributed by atoms with Crippen LogP contribution in [0.3, 0.4) is 0 Å². The van der Waals surface area contributed by atoms with Gasteiger partial charge in [-0.15, -0.1) is 10.2 Å². The lowest BCUT2D eigenvalue weighted by atomic mass is 10.0. The monoisotopic (exact) mass is 539 g/mol. The van der Waals surface area contributed by atoms with E-state index in [-0.39, 0.29) is 29.5 Å². The number of thioether (sulfide) groups is 1. The maximum atomic E-state index is 12.9. The zero-order valence-electron chi connectivity index (χ0n) is 22.2. The molecule has 0 unspecified atom stereocenters. The molecule has 2 N–H and O–H groups in total. The van der Waals surface area contributed by atoms with Gasteiger partial charge < -0.3 is 24.7 Å². The first-order valence-corrected chi connectivity index (χ1v) is 13.3. The van der Waals surface area contributed by atoms with Crippen molar-refractivity contribution in [1.82, 2.24) is 20.1 Å². The van der Waals surface area contributed by atoms with Crippen molar-refractivity contribution in [3.63, 3.8) is 0 Å². The Bertz CT molecular complexity index is 1240. The minimum absolute atomic E-state index is 0.0467. The first-order chi connectivity index (χ1) is 18.3. The Morgan fingerprint density at radius 1 is 0.974 bits per heavy atom. The number of ether oxygens (including phenoxy) is 2. The van der Waals surface area contributed by atoms with Crippen LogP contribution in [0.4, 0.5) is 5.69 Å². The Balaban J connectivity index is 1.65. The third-order valence-corrected chi connectivity index (χ3v) is 6.62. The highest BCUT2D eigenvalue weighted by Gasteiger charge is 2.26. The van der Waals surface area contributed by atoms with Gasteiger partial charge in [0.1, 0.15) is 5.75 Å². The van der Waals surface area contributed by atoms with Gasteiger partial charge in [0.05, 0.1) is 31.1 Å². The number of aromatic nitrogens is 3. The number of nitrogens with one attached hydrogen (secondary N) is 2. The van der Waals surface area contributed by atoms with Crippen LogP contribution in [-0.4, -0.2) is 52.0 Å². The van der Waals surface area contributed by atoms with Crippen LogP contribution in [0.5, 0.6) is 5.75 Å². The van der Waals surface area contributed by atoms with Crippen LogP contribution in [0.1, 0.15) is 60.3 Å². The van der Waals surface area contributed by atoms with Crippen LogP contribution in [0.2, 0.25) is 0 Å². The molecule has 2 aromatic carbocycles. The SMILES string of the molecule is CCOC(=O)c1ccc(NC(=O)CSc2nnc([C@H](NC(=O)c3ccc(OC)cc3)C(C)C)n2CC)cc1. The average molecular weight is 540 g/mol. The van der Waals surface area contributed by atoms with Gasteiger partial charge in [-0.3, -0.25) is 9.59 Å². The summed E-state index contributed by atoms with van der Waals surface area (Å²) in [6.07, 6.45) is 0. The number of anilines is 1. The molecule has 2 amide bonds. The second-order valence-corrected chi connectivity index (χ2v) is 9.59. The molecule has 38 heavy (non-hydrogen) atoms. The summed E-state index contributed by atoms with van der Waals surface area (Å²) >= 11 is 1.26. The molecule has 3 rings (SSSR count). The topological polar surface area (TPSA) is 124 Å². The van der Waals surface area contributed by atoms with Crippen molar-refractivity contribution in [3.05, 3.63) is 65.5 Å². The molecule has 0 aliphatic carbocycles. The fourth-order valence-corrected chi connectivity index (χ4v) is 4.47. The number of hydrogen-bond donors (Lipinski definition) is 2. The van der Waals surface area contributed by atoms with E-state index < -0.39 is 5.97 Å². The smallest absolute Gasteiger partial charge is 0.338 e. The summed E-state index contributed by atoms with van der Waals surface area (Å²) < 4.78 is 12.0. The number of nitrogens with zero attached hydrogens (tertiary/aromatic N) is 3. The van der Waals surface area contributed by atoms with E-state index in [0.717, 1.165) is 0 Å². The highest BCUT2D eigenvalue weighted by atomic mass is 32.2. The quantitative estimate of drug-likeness (QED) is 0.257. The van der Waals surface area contributed by atoms with E-state index in [0.29, 0.717) is 46.7 Å². The molecular weight excluding hydrogens is 506 g/mol. The van der Waals surface area contributed by atoms with Crippen LogP contribution in [0.25, 0.3) is 0 Å². The van der Waals surface area contributed by atoms with Gasteiger partial charge in [0.25, 0.3) is 5.91 Å². The molecule has 10 nitrogen and oxygen atoms in total. The van der Waals surface area contributed by atoms with Gasteiger partial charge in [-0.05, 0) is 68.3 Å². The van der Waals surface area contributed by atoms with E-state index in [1.54, 1.807) is 62.6 Å². The van der Waals surface area contributed by atoms with E-state index in [2.05, 4.69) is 20.8 Å². The van der Waals surface area contributed by atoms with Gasteiger partial charge >= 0.3 is 5.97 Å². The summed E-state index contributed by atoms with van der Waals surface area (Å²) in [5, 5.41) is 15.1. The molecule has 1 aromatic heterocycles. The minimum atomic E-state index is -0.407. The third kappa shape index (κ3) is 7.34. The lowest BCUT2D eigenvalue weighted by Crippen LogP contribution is -2.33. The number of esters is 1. The molecule has 0 aliphatic rings. The summed E-state index contributed by atoms with van der Waals surface area (Å²) in [7, 11) is 1.57. The van der Waals surface area contributed by atoms with Gasteiger partial charge in [-0.2, -0.15) is 0 Å². The van der Waals surface area contributed by atoms with E-state index >= 15 is 0 Å². The second kappa shape index (κ2) is 13.6. The van der Waals surface area contributed by atoms with E-state index in [4.69, 9.17) is 9.47 Å². The number of carbonyl (C=O) groups is 3. The molecule has 11 heteroatoms. The summed E-state index contributed by atoms with van der Waals surface area (Å²) in [5.41, 5.74) is 1.50. The van der Waals surface area contributed by atoms with Gasteiger partial charge in [0.2, 0.25) is 5.91 Å². The van der Waals surface area contributed by atoms with Crippen LogP contribution >= 0.6 is 11.8 Å². The molecule has 3 aromatic rings. The Morgan fingerprint density at radius 3 is 2.21 bits per heavy atom. The maximum Gasteiger partial charge on any atom is 0.338 e. The number of methoxy groups -OCH3 is 1. The van der Waals surface area contributed by atoms with E-state index in [1.807, 2.05) is 25.3 Å².